The second-order valence-corrected chi connectivity index (χ2v) is 4.30. The highest BCUT2D eigenvalue weighted by Crippen LogP contribution is 2.22. The summed E-state index contributed by atoms with van der Waals surface area (Å²) in [7, 11) is 1.79. The summed E-state index contributed by atoms with van der Waals surface area (Å²) in [4.78, 5) is 11.6. The number of aryl methyl sites for hydroxylation is 1. The molecule has 19 heavy (non-hydrogen) atoms. The van der Waals surface area contributed by atoms with E-state index in [1.54, 1.807) is 30.1 Å². The summed E-state index contributed by atoms with van der Waals surface area (Å²) >= 11 is 0. The smallest absolute Gasteiger partial charge is 0.244 e. The number of nitrogens with two attached hydrogens (primary N) is 1. The van der Waals surface area contributed by atoms with E-state index in [-0.39, 0.29) is 5.82 Å². The number of anilines is 1. The lowest BCUT2D eigenvalue weighted by Crippen LogP contribution is -2.28. The summed E-state index contributed by atoms with van der Waals surface area (Å²) in [5.74, 6) is -0.848. The van der Waals surface area contributed by atoms with E-state index in [0.717, 1.165) is 5.69 Å². The molecule has 2 rings (SSSR count). The van der Waals surface area contributed by atoms with Gasteiger partial charge in [-0.3, -0.25) is 9.48 Å². The fourth-order valence-electron chi connectivity index (χ4n) is 1.81. The minimum Gasteiger partial charge on any atom is -0.370 e. The van der Waals surface area contributed by atoms with Crippen LogP contribution in [0.3, 0.4) is 0 Å². The highest BCUT2D eigenvalue weighted by Gasteiger charge is 2.21. The van der Waals surface area contributed by atoms with Gasteiger partial charge in [-0.15, -0.1) is 0 Å². The van der Waals surface area contributed by atoms with E-state index in [9.17, 15) is 9.18 Å². The molecule has 1 atom stereocenters. The van der Waals surface area contributed by atoms with Gasteiger partial charge >= 0.3 is 0 Å². The highest BCUT2D eigenvalue weighted by atomic mass is 19.1. The van der Waals surface area contributed by atoms with Crippen LogP contribution in [0, 0.1) is 12.7 Å². The fraction of sp³-hybridized carbons (Fsp3) is 0.231. The normalized spacial score (nSPS) is 12.2. The lowest BCUT2D eigenvalue weighted by molar-refractivity contribution is -0.118. The Labute approximate surface area is 110 Å². The number of amides is 1. The second kappa shape index (κ2) is 5.09. The quantitative estimate of drug-likeness (QED) is 0.877. The summed E-state index contributed by atoms with van der Waals surface area (Å²) in [6.45, 7) is 1.85. The zero-order chi connectivity index (χ0) is 14.0. The highest BCUT2D eigenvalue weighted by molar-refractivity contribution is 5.84. The second-order valence-electron chi connectivity index (χ2n) is 4.30. The molecule has 100 valence electrons. The van der Waals surface area contributed by atoms with Crippen molar-refractivity contribution in [3.8, 4) is 0 Å². The molecule has 0 aliphatic rings. The minimum atomic E-state index is -0.695. The van der Waals surface area contributed by atoms with Gasteiger partial charge in [-0.2, -0.15) is 5.10 Å². The Hall–Kier alpha value is -2.37. The lowest BCUT2D eigenvalue weighted by Gasteiger charge is -2.16. The molecule has 1 unspecified atom stereocenters. The van der Waals surface area contributed by atoms with Crippen LogP contribution in [0.15, 0.2) is 30.5 Å². The molecule has 0 saturated heterocycles. The Bertz CT molecular complexity index is 591. The van der Waals surface area contributed by atoms with Crippen LogP contribution in [0.2, 0.25) is 0 Å². The predicted octanol–water partition coefficient (Wildman–Crippen LogP) is 1.51. The van der Waals surface area contributed by atoms with Crippen molar-refractivity contribution in [2.45, 2.75) is 13.0 Å². The number of rotatable bonds is 4. The minimum absolute atomic E-state index is 0.335. The Morgan fingerprint density at radius 2 is 2.05 bits per heavy atom. The number of nitrogens with one attached hydrogen (secondary N) is 1. The average Bonchev–Trinajstić information content (AvgIpc) is 2.69. The van der Waals surface area contributed by atoms with E-state index in [2.05, 4.69) is 10.4 Å². The first kappa shape index (κ1) is 13.1. The van der Waals surface area contributed by atoms with Gasteiger partial charge in [-0.1, -0.05) is 0 Å². The van der Waals surface area contributed by atoms with Crippen molar-refractivity contribution in [1.82, 2.24) is 9.78 Å². The van der Waals surface area contributed by atoms with Crippen LogP contribution in [0.25, 0.3) is 0 Å². The molecule has 0 fully saturated rings. The summed E-state index contributed by atoms with van der Waals surface area (Å²) in [5, 5.41) is 7.07. The van der Waals surface area contributed by atoms with Crippen molar-refractivity contribution >= 4 is 11.6 Å². The van der Waals surface area contributed by atoms with E-state index < -0.39 is 11.9 Å². The zero-order valence-electron chi connectivity index (χ0n) is 10.7. The molecule has 1 aromatic heterocycles. The largest absolute Gasteiger partial charge is 0.370 e. The number of aromatic nitrogens is 2. The molecule has 1 aromatic carbocycles. The molecule has 5 nitrogen and oxygen atoms in total. The first-order chi connectivity index (χ1) is 8.99. The molecule has 1 heterocycles. The number of primary amides is 1. The van der Waals surface area contributed by atoms with Gasteiger partial charge in [-0.25, -0.2) is 4.39 Å². The van der Waals surface area contributed by atoms with Gasteiger partial charge in [0, 0.05) is 24.0 Å². The molecule has 0 aliphatic heterocycles. The van der Waals surface area contributed by atoms with Crippen molar-refractivity contribution < 1.29 is 9.18 Å². The van der Waals surface area contributed by atoms with Gasteiger partial charge in [-0.05, 0) is 31.2 Å². The van der Waals surface area contributed by atoms with Crippen LogP contribution in [0.4, 0.5) is 10.1 Å². The maximum Gasteiger partial charge on any atom is 0.244 e. The summed E-state index contributed by atoms with van der Waals surface area (Å²) in [5.41, 5.74) is 7.58. The number of hydrogen-bond acceptors (Lipinski definition) is 3. The fourth-order valence-corrected chi connectivity index (χ4v) is 1.81. The maximum absolute atomic E-state index is 12.8. The Kier molecular flexibility index (Phi) is 3.50. The van der Waals surface area contributed by atoms with Gasteiger partial charge in [0.15, 0.2) is 0 Å². The summed E-state index contributed by atoms with van der Waals surface area (Å²) in [6, 6.07) is 5.04. The molecule has 3 N–H and O–H groups in total. The third-order valence-corrected chi connectivity index (χ3v) is 3.02. The van der Waals surface area contributed by atoms with E-state index in [0.29, 0.717) is 11.3 Å². The van der Waals surface area contributed by atoms with Gasteiger partial charge in [0.25, 0.3) is 0 Å². The number of nitrogens with zero attached hydrogens (tertiary/aromatic N) is 2. The van der Waals surface area contributed by atoms with Crippen LogP contribution in [-0.2, 0) is 11.8 Å². The van der Waals surface area contributed by atoms with Crippen molar-refractivity contribution in [2.24, 2.45) is 12.8 Å². The van der Waals surface area contributed by atoms with Crippen molar-refractivity contribution in [1.29, 1.82) is 0 Å². The third-order valence-electron chi connectivity index (χ3n) is 3.02. The van der Waals surface area contributed by atoms with E-state index in [1.807, 2.05) is 6.92 Å². The van der Waals surface area contributed by atoms with Gasteiger partial charge in [0.05, 0.1) is 6.20 Å². The van der Waals surface area contributed by atoms with Crippen LogP contribution in [0.1, 0.15) is 17.3 Å². The Morgan fingerprint density at radius 1 is 1.42 bits per heavy atom. The zero-order valence-corrected chi connectivity index (χ0v) is 10.7. The first-order valence-corrected chi connectivity index (χ1v) is 5.79. The molecule has 0 bridgehead atoms. The molecular formula is C13H15FN4O. The number of halogens is 1. The summed E-state index contributed by atoms with van der Waals surface area (Å²) < 4.78 is 14.5. The van der Waals surface area contributed by atoms with Crippen molar-refractivity contribution in [3.63, 3.8) is 0 Å². The maximum atomic E-state index is 12.8. The number of carbonyl (C=O) groups excluding carboxylic acids is 1. The van der Waals surface area contributed by atoms with Crippen molar-refractivity contribution in [3.05, 3.63) is 47.5 Å². The lowest BCUT2D eigenvalue weighted by atomic mass is 10.1. The molecule has 2 aromatic rings. The van der Waals surface area contributed by atoms with Crippen LogP contribution < -0.4 is 11.1 Å². The van der Waals surface area contributed by atoms with E-state index >= 15 is 0 Å². The van der Waals surface area contributed by atoms with Gasteiger partial charge in [0.2, 0.25) is 5.91 Å². The molecule has 6 heteroatoms. The number of hydrogen-bond donors (Lipinski definition) is 2. The molecule has 0 saturated carbocycles. The first-order valence-electron chi connectivity index (χ1n) is 5.79. The molecule has 0 aliphatic carbocycles. The van der Waals surface area contributed by atoms with Crippen LogP contribution in [0.5, 0.6) is 0 Å². The monoisotopic (exact) mass is 262 g/mol. The topological polar surface area (TPSA) is 72.9 Å². The average molecular weight is 262 g/mol. The SMILES string of the molecule is Cc1c(C(Nc2ccc(F)cc2)C(N)=O)cnn1C. The van der Waals surface area contributed by atoms with Crippen LogP contribution >= 0.6 is 0 Å². The number of benzene rings is 1. The van der Waals surface area contributed by atoms with Crippen LogP contribution in [-0.4, -0.2) is 15.7 Å². The Morgan fingerprint density at radius 3 is 2.53 bits per heavy atom. The number of carbonyl (C=O) groups is 1. The third kappa shape index (κ3) is 2.73. The van der Waals surface area contributed by atoms with Gasteiger partial charge < -0.3 is 11.1 Å². The van der Waals surface area contributed by atoms with E-state index in [1.165, 1.54) is 12.1 Å². The van der Waals surface area contributed by atoms with Crippen molar-refractivity contribution in [2.75, 3.05) is 5.32 Å². The van der Waals surface area contributed by atoms with E-state index in [4.69, 9.17) is 5.73 Å². The standard InChI is InChI=1S/C13H15FN4O/c1-8-11(7-16-18(8)2)12(13(15)19)17-10-5-3-9(14)4-6-10/h3-7,12,17H,1-2H3,(H2,15,19). The molecule has 1 amide bonds. The molecule has 0 radical (unpaired) electrons. The predicted molar refractivity (Wildman–Crippen MR) is 69.9 cm³/mol. The molecular weight excluding hydrogens is 247 g/mol. The van der Waals surface area contributed by atoms with Gasteiger partial charge in [0.1, 0.15) is 11.9 Å². The molecule has 0 spiro atoms. The summed E-state index contributed by atoms with van der Waals surface area (Å²) in [6.07, 6.45) is 1.60. The Balaban J connectivity index is 2.29.